The molecule has 0 aliphatic carbocycles. The number of hydrogen-bond donors (Lipinski definition) is 2. The first-order valence-electron chi connectivity index (χ1n) is 9.53. The number of aliphatic hydroxyl groups is 2. The summed E-state index contributed by atoms with van der Waals surface area (Å²) in [4.78, 5) is 0. The Morgan fingerprint density at radius 1 is 0.680 bits per heavy atom. The zero-order valence-corrected chi connectivity index (χ0v) is 15.9. The van der Waals surface area contributed by atoms with E-state index in [0.29, 0.717) is 12.8 Å². The van der Waals surface area contributed by atoms with Gasteiger partial charge < -0.3 is 10.2 Å². The molecule has 0 unspecified atom stereocenters. The molecule has 2 nitrogen and oxygen atoms in total. The zero-order chi connectivity index (χ0) is 18.6. The van der Waals surface area contributed by atoms with Gasteiger partial charge in [-0.2, -0.15) is 0 Å². The van der Waals surface area contributed by atoms with Crippen LogP contribution in [-0.2, 0) is 0 Å². The van der Waals surface area contributed by atoms with Crippen LogP contribution in [0.2, 0.25) is 0 Å². The fraction of sp³-hybridized carbons (Fsp3) is 0.478. The van der Waals surface area contributed by atoms with Crippen molar-refractivity contribution in [2.75, 3.05) is 0 Å². The number of aliphatic hydroxyl groups excluding tert-OH is 2. The third kappa shape index (κ3) is 18.5. The van der Waals surface area contributed by atoms with E-state index in [4.69, 9.17) is 0 Å². The van der Waals surface area contributed by atoms with Gasteiger partial charge in [0.1, 0.15) is 0 Å². The lowest BCUT2D eigenvalue weighted by molar-refractivity contribution is 0.226. The number of unbranched alkanes of at least 4 members (excludes halogenated alkanes) is 2. The van der Waals surface area contributed by atoms with Crippen molar-refractivity contribution in [3.05, 3.63) is 72.9 Å². The maximum atomic E-state index is 9.83. The van der Waals surface area contributed by atoms with Gasteiger partial charge in [-0.05, 0) is 32.1 Å². The largest absolute Gasteiger partial charge is 0.389 e. The average Bonchev–Trinajstić information content (AvgIpc) is 2.60. The Balaban J connectivity index is 3.85. The summed E-state index contributed by atoms with van der Waals surface area (Å²) in [5.74, 6) is 0. The standard InChI is InChI=1S/C23H36O2/c1-3-5-7-8-9-10-11-15-19-23(25)21-17-13-12-16-20-22(24)18-14-6-4-2/h6,8-9,11-17,20-25H,3-5,7,10,18-19H2,1-2H3/b9-8-,13-12+,14-6-,15-11-,20-16-,21-17+/t22-,23-/m0/s1. The van der Waals surface area contributed by atoms with Crippen LogP contribution in [0.5, 0.6) is 0 Å². The molecule has 0 saturated carbocycles. The highest BCUT2D eigenvalue weighted by Crippen LogP contribution is 2.00. The number of allylic oxidation sites excluding steroid dienone is 8. The molecule has 2 heteroatoms. The van der Waals surface area contributed by atoms with Crippen molar-refractivity contribution in [1.82, 2.24) is 0 Å². The van der Waals surface area contributed by atoms with E-state index in [9.17, 15) is 10.2 Å². The SMILES string of the molecule is CC/C=C\C[C@H](O)\C=C/C=C/C=C/[C@@H](O)C/C=C\C/C=C\CCCC. The molecule has 0 aromatic heterocycles. The van der Waals surface area contributed by atoms with Gasteiger partial charge in [0.05, 0.1) is 12.2 Å². The molecule has 0 aromatic carbocycles. The Labute approximate surface area is 154 Å². The van der Waals surface area contributed by atoms with Crippen molar-refractivity contribution in [2.24, 2.45) is 0 Å². The summed E-state index contributed by atoms with van der Waals surface area (Å²) in [5.41, 5.74) is 0. The first-order valence-corrected chi connectivity index (χ1v) is 9.53. The summed E-state index contributed by atoms with van der Waals surface area (Å²) in [5, 5.41) is 19.5. The lowest BCUT2D eigenvalue weighted by atomic mass is 10.2. The average molecular weight is 345 g/mol. The molecule has 25 heavy (non-hydrogen) atoms. The summed E-state index contributed by atoms with van der Waals surface area (Å²) in [6.45, 7) is 4.27. The Morgan fingerprint density at radius 3 is 1.80 bits per heavy atom. The predicted molar refractivity (Wildman–Crippen MR) is 111 cm³/mol. The molecule has 0 rings (SSSR count). The summed E-state index contributed by atoms with van der Waals surface area (Å²) in [6, 6.07) is 0. The third-order valence-electron chi connectivity index (χ3n) is 3.49. The summed E-state index contributed by atoms with van der Waals surface area (Å²) in [7, 11) is 0. The molecule has 2 atom stereocenters. The van der Waals surface area contributed by atoms with E-state index in [1.165, 1.54) is 12.8 Å². The van der Waals surface area contributed by atoms with Gasteiger partial charge in [0.25, 0.3) is 0 Å². The molecule has 2 N–H and O–H groups in total. The van der Waals surface area contributed by atoms with Gasteiger partial charge in [0.15, 0.2) is 0 Å². The van der Waals surface area contributed by atoms with E-state index in [1.807, 2.05) is 42.5 Å². The molecule has 0 aliphatic rings. The van der Waals surface area contributed by atoms with E-state index in [2.05, 4.69) is 32.1 Å². The fourth-order valence-corrected chi connectivity index (χ4v) is 2.02. The van der Waals surface area contributed by atoms with Crippen LogP contribution in [0.4, 0.5) is 0 Å². The van der Waals surface area contributed by atoms with Gasteiger partial charge in [-0.3, -0.25) is 0 Å². The molecule has 0 aliphatic heterocycles. The van der Waals surface area contributed by atoms with Crippen LogP contribution in [0.25, 0.3) is 0 Å². The summed E-state index contributed by atoms with van der Waals surface area (Å²) in [6.07, 6.45) is 29.4. The van der Waals surface area contributed by atoms with E-state index in [0.717, 1.165) is 19.3 Å². The Morgan fingerprint density at radius 2 is 1.24 bits per heavy atom. The minimum atomic E-state index is -0.460. The highest BCUT2D eigenvalue weighted by molar-refractivity contribution is 5.13. The second-order valence-electron chi connectivity index (χ2n) is 5.96. The van der Waals surface area contributed by atoms with E-state index in [-0.39, 0.29) is 0 Å². The summed E-state index contributed by atoms with van der Waals surface area (Å²) >= 11 is 0. The molecule has 0 fully saturated rings. The highest BCUT2D eigenvalue weighted by atomic mass is 16.3. The molecular formula is C23H36O2. The Kier molecular flexibility index (Phi) is 17.5. The van der Waals surface area contributed by atoms with Crippen LogP contribution < -0.4 is 0 Å². The van der Waals surface area contributed by atoms with Crippen LogP contribution in [0.1, 0.15) is 58.8 Å². The smallest absolute Gasteiger partial charge is 0.0758 e. The van der Waals surface area contributed by atoms with Crippen LogP contribution in [0.3, 0.4) is 0 Å². The Hall–Kier alpha value is -1.64. The van der Waals surface area contributed by atoms with Crippen LogP contribution in [0.15, 0.2) is 72.9 Å². The summed E-state index contributed by atoms with van der Waals surface area (Å²) < 4.78 is 0. The van der Waals surface area contributed by atoms with Gasteiger partial charge in [0.2, 0.25) is 0 Å². The van der Waals surface area contributed by atoms with Crippen molar-refractivity contribution < 1.29 is 10.2 Å². The van der Waals surface area contributed by atoms with Gasteiger partial charge in [-0.15, -0.1) is 0 Å². The van der Waals surface area contributed by atoms with Crippen LogP contribution in [-0.4, -0.2) is 22.4 Å². The van der Waals surface area contributed by atoms with Gasteiger partial charge in [-0.25, -0.2) is 0 Å². The van der Waals surface area contributed by atoms with E-state index < -0.39 is 12.2 Å². The first-order chi connectivity index (χ1) is 12.2. The lowest BCUT2D eigenvalue weighted by Gasteiger charge is -1.99. The number of hydrogen-bond acceptors (Lipinski definition) is 2. The second-order valence-corrected chi connectivity index (χ2v) is 5.96. The molecule has 0 heterocycles. The fourth-order valence-electron chi connectivity index (χ4n) is 2.02. The molecule has 0 saturated heterocycles. The monoisotopic (exact) mass is 344 g/mol. The molecule has 0 aromatic rings. The molecule has 0 spiro atoms. The van der Waals surface area contributed by atoms with E-state index in [1.54, 1.807) is 12.2 Å². The topological polar surface area (TPSA) is 40.5 Å². The lowest BCUT2D eigenvalue weighted by Crippen LogP contribution is -1.98. The van der Waals surface area contributed by atoms with Crippen molar-refractivity contribution in [1.29, 1.82) is 0 Å². The minimum absolute atomic E-state index is 0.442. The van der Waals surface area contributed by atoms with Crippen molar-refractivity contribution in [2.45, 2.75) is 71.0 Å². The van der Waals surface area contributed by atoms with Crippen LogP contribution >= 0.6 is 0 Å². The normalized spacial score (nSPS) is 15.8. The van der Waals surface area contributed by atoms with Gasteiger partial charge >= 0.3 is 0 Å². The van der Waals surface area contributed by atoms with Gasteiger partial charge in [-0.1, -0.05) is 99.6 Å². The van der Waals surface area contributed by atoms with Crippen molar-refractivity contribution in [3.8, 4) is 0 Å². The maximum Gasteiger partial charge on any atom is 0.0758 e. The zero-order valence-electron chi connectivity index (χ0n) is 15.9. The van der Waals surface area contributed by atoms with Crippen LogP contribution in [0, 0.1) is 0 Å². The highest BCUT2D eigenvalue weighted by Gasteiger charge is 1.93. The molecule has 140 valence electrons. The quantitative estimate of drug-likeness (QED) is 0.237. The van der Waals surface area contributed by atoms with Crippen molar-refractivity contribution in [3.63, 3.8) is 0 Å². The Bertz CT molecular complexity index is 453. The molecular weight excluding hydrogens is 308 g/mol. The van der Waals surface area contributed by atoms with E-state index >= 15 is 0 Å². The second kappa shape index (κ2) is 18.7. The number of rotatable bonds is 14. The molecule has 0 amide bonds. The molecule has 0 radical (unpaired) electrons. The first kappa shape index (κ1) is 23.4. The van der Waals surface area contributed by atoms with Crippen molar-refractivity contribution >= 4 is 0 Å². The molecule has 0 bridgehead atoms. The maximum absolute atomic E-state index is 9.83. The third-order valence-corrected chi connectivity index (χ3v) is 3.49. The van der Waals surface area contributed by atoms with Gasteiger partial charge in [0, 0.05) is 0 Å². The minimum Gasteiger partial charge on any atom is -0.389 e. The predicted octanol–water partition coefficient (Wildman–Crippen LogP) is 5.82.